The highest BCUT2D eigenvalue weighted by Crippen LogP contribution is 2.29. The van der Waals surface area contributed by atoms with Gasteiger partial charge in [-0.05, 0) is 67.3 Å². The summed E-state index contributed by atoms with van der Waals surface area (Å²) in [5.41, 5.74) is 3.36. The Morgan fingerprint density at radius 1 is 1.27 bits per heavy atom. The molecule has 1 aromatic heterocycles. The lowest BCUT2D eigenvalue weighted by Crippen LogP contribution is -2.42. The molecular formula is C21H24ClN3O3S2. The molecule has 0 bridgehead atoms. The van der Waals surface area contributed by atoms with Gasteiger partial charge in [-0.15, -0.1) is 11.3 Å². The zero-order chi connectivity index (χ0) is 21.3. The molecule has 30 heavy (non-hydrogen) atoms. The highest BCUT2D eigenvalue weighted by molar-refractivity contribution is 7.92. The number of aryl methyl sites for hydroxylation is 1. The van der Waals surface area contributed by atoms with Gasteiger partial charge in [-0.25, -0.2) is 8.42 Å². The smallest absolute Gasteiger partial charge is 0.245 e. The van der Waals surface area contributed by atoms with Crippen molar-refractivity contribution in [2.45, 2.75) is 31.8 Å². The monoisotopic (exact) mass is 465 g/mol. The third-order valence-corrected chi connectivity index (χ3v) is 8.37. The highest BCUT2D eigenvalue weighted by Gasteiger charge is 2.39. The van der Waals surface area contributed by atoms with E-state index in [2.05, 4.69) is 17.4 Å². The number of hydrogen-bond acceptors (Lipinski definition) is 5. The Kier molecular flexibility index (Phi) is 6.31. The molecule has 1 aromatic carbocycles. The molecule has 2 aliphatic rings. The predicted octanol–water partition coefficient (Wildman–Crippen LogP) is 3.48. The fourth-order valence-electron chi connectivity index (χ4n) is 3.92. The fraction of sp³-hybridized carbons (Fsp3) is 0.381. The molecule has 3 heterocycles. The standard InChI is InChI=1S/C21H24ClN3O3S2/c1-24(30(27,28)12-9-18-6-7-20(22)29-18)19-8-11-25(21(19)26)17-5-4-16-14-23-10-2-3-15(16)13-17/h4-7,9,12-13,19,23H,2-3,8,10-11,14H2,1H3/b12-9+/t19-/m0/s1. The van der Waals surface area contributed by atoms with Crippen LogP contribution < -0.4 is 10.2 Å². The number of nitrogens with zero attached hydrogens (tertiary/aromatic N) is 2. The number of thiophene rings is 1. The minimum absolute atomic E-state index is 0.180. The number of fused-ring (bicyclic) bond motifs is 1. The normalized spacial score (nSPS) is 20.2. The van der Waals surface area contributed by atoms with Gasteiger partial charge >= 0.3 is 0 Å². The molecule has 4 rings (SSSR count). The van der Waals surface area contributed by atoms with E-state index in [1.54, 1.807) is 17.0 Å². The van der Waals surface area contributed by atoms with Gasteiger partial charge in [0.05, 0.1) is 4.34 Å². The van der Waals surface area contributed by atoms with Crippen molar-refractivity contribution >= 4 is 50.6 Å². The van der Waals surface area contributed by atoms with Crippen molar-refractivity contribution < 1.29 is 13.2 Å². The van der Waals surface area contributed by atoms with Crippen LogP contribution in [0.1, 0.15) is 28.8 Å². The molecule has 1 fully saturated rings. The van der Waals surface area contributed by atoms with Crippen molar-refractivity contribution in [3.8, 4) is 0 Å². The van der Waals surface area contributed by atoms with Crippen LogP contribution in [-0.2, 0) is 27.8 Å². The van der Waals surface area contributed by atoms with Crippen molar-refractivity contribution in [1.82, 2.24) is 9.62 Å². The Morgan fingerprint density at radius 2 is 2.10 bits per heavy atom. The number of nitrogens with one attached hydrogen (secondary N) is 1. The first-order valence-electron chi connectivity index (χ1n) is 9.90. The van der Waals surface area contributed by atoms with Crippen LogP contribution in [-0.4, -0.2) is 44.8 Å². The van der Waals surface area contributed by atoms with Crippen LogP contribution in [0.15, 0.2) is 35.7 Å². The maximum atomic E-state index is 13.1. The summed E-state index contributed by atoms with van der Waals surface area (Å²) < 4.78 is 27.3. The number of halogens is 1. The molecule has 2 aromatic rings. The molecule has 1 saturated heterocycles. The number of sulfonamides is 1. The van der Waals surface area contributed by atoms with E-state index in [4.69, 9.17) is 11.6 Å². The second-order valence-corrected chi connectivity index (χ2v) is 11.2. The maximum absolute atomic E-state index is 13.1. The molecule has 1 N–H and O–H groups in total. The largest absolute Gasteiger partial charge is 0.313 e. The van der Waals surface area contributed by atoms with Crippen molar-refractivity contribution in [3.63, 3.8) is 0 Å². The summed E-state index contributed by atoms with van der Waals surface area (Å²) >= 11 is 7.19. The van der Waals surface area contributed by atoms with Crippen LogP contribution in [0.2, 0.25) is 4.34 Å². The summed E-state index contributed by atoms with van der Waals surface area (Å²) in [4.78, 5) is 15.5. The van der Waals surface area contributed by atoms with E-state index in [0.717, 1.165) is 41.9 Å². The lowest BCUT2D eigenvalue weighted by atomic mass is 10.0. The van der Waals surface area contributed by atoms with E-state index in [0.29, 0.717) is 17.3 Å². The Bertz CT molecular complexity index is 1080. The van der Waals surface area contributed by atoms with Crippen LogP contribution in [0.5, 0.6) is 0 Å². The van der Waals surface area contributed by atoms with Gasteiger partial charge in [0, 0.05) is 36.1 Å². The van der Waals surface area contributed by atoms with Crippen molar-refractivity contribution in [2.24, 2.45) is 0 Å². The molecule has 1 atom stereocenters. The Morgan fingerprint density at radius 3 is 2.87 bits per heavy atom. The summed E-state index contributed by atoms with van der Waals surface area (Å²) in [6.45, 7) is 2.34. The number of benzene rings is 1. The van der Waals surface area contributed by atoms with E-state index >= 15 is 0 Å². The first kappa shape index (κ1) is 21.5. The van der Waals surface area contributed by atoms with Gasteiger partial charge in [0.25, 0.3) is 0 Å². The predicted molar refractivity (Wildman–Crippen MR) is 122 cm³/mol. The molecule has 2 aliphatic heterocycles. The molecule has 9 heteroatoms. The van der Waals surface area contributed by atoms with Crippen LogP contribution in [0, 0.1) is 0 Å². The van der Waals surface area contributed by atoms with Gasteiger partial charge in [-0.1, -0.05) is 17.7 Å². The van der Waals surface area contributed by atoms with Crippen molar-refractivity contribution in [3.05, 3.63) is 56.1 Å². The summed E-state index contributed by atoms with van der Waals surface area (Å²) in [6.07, 6.45) is 4.02. The number of anilines is 1. The minimum atomic E-state index is -3.73. The molecular weight excluding hydrogens is 442 g/mol. The summed E-state index contributed by atoms with van der Waals surface area (Å²) in [6, 6.07) is 8.89. The number of hydrogen-bond donors (Lipinski definition) is 1. The third-order valence-electron chi connectivity index (χ3n) is 5.63. The summed E-state index contributed by atoms with van der Waals surface area (Å²) in [5, 5.41) is 4.54. The van der Waals surface area contributed by atoms with E-state index in [-0.39, 0.29) is 5.91 Å². The van der Waals surface area contributed by atoms with E-state index in [1.165, 1.54) is 39.9 Å². The maximum Gasteiger partial charge on any atom is 0.245 e. The first-order valence-corrected chi connectivity index (χ1v) is 12.6. The number of carbonyl (C=O) groups is 1. The molecule has 0 unspecified atom stereocenters. The molecule has 0 saturated carbocycles. The van der Waals surface area contributed by atoms with Crippen molar-refractivity contribution in [2.75, 3.05) is 25.0 Å². The SMILES string of the molecule is CN([C@H]1CCN(c2ccc3c(c2)CCCNC3)C1=O)S(=O)(=O)/C=C/c1ccc(Cl)s1. The molecule has 160 valence electrons. The zero-order valence-corrected chi connectivity index (χ0v) is 19.1. The lowest BCUT2D eigenvalue weighted by molar-refractivity contribution is -0.120. The molecule has 6 nitrogen and oxygen atoms in total. The average molecular weight is 466 g/mol. The van der Waals surface area contributed by atoms with E-state index in [9.17, 15) is 13.2 Å². The van der Waals surface area contributed by atoms with Gasteiger partial charge in [0.1, 0.15) is 6.04 Å². The van der Waals surface area contributed by atoms with Crippen LogP contribution in [0.3, 0.4) is 0 Å². The molecule has 1 amide bonds. The number of carbonyl (C=O) groups excluding carboxylic acids is 1. The second-order valence-electron chi connectivity index (χ2n) is 7.53. The average Bonchev–Trinajstić information content (AvgIpc) is 3.23. The quantitative estimate of drug-likeness (QED) is 0.734. The minimum Gasteiger partial charge on any atom is -0.313 e. The Balaban J connectivity index is 1.50. The van der Waals surface area contributed by atoms with Crippen LogP contribution in [0.25, 0.3) is 6.08 Å². The third kappa shape index (κ3) is 4.48. The first-order chi connectivity index (χ1) is 14.3. The van der Waals surface area contributed by atoms with Gasteiger partial charge < -0.3 is 10.2 Å². The molecule has 0 aliphatic carbocycles. The second kappa shape index (κ2) is 8.80. The van der Waals surface area contributed by atoms with Crippen molar-refractivity contribution in [1.29, 1.82) is 0 Å². The molecule has 0 radical (unpaired) electrons. The van der Waals surface area contributed by atoms with Crippen LogP contribution in [0.4, 0.5) is 5.69 Å². The topological polar surface area (TPSA) is 69.7 Å². The van der Waals surface area contributed by atoms with E-state index in [1.807, 2.05) is 6.07 Å². The van der Waals surface area contributed by atoms with Crippen LogP contribution >= 0.6 is 22.9 Å². The van der Waals surface area contributed by atoms with Gasteiger partial charge in [0.2, 0.25) is 15.9 Å². The Hall–Kier alpha value is -1.71. The highest BCUT2D eigenvalue weighted by atomic mass is 35.5. The Labute approximate surface area is 186 Å². The van der Waals surface area contributed by atoms with Gasteiger partial charge in [-0.3, -0.25) is 4.79 Å². The summed E-state index contributed by atoms with van der Waals surface area (Å²) in [5.74, 6) is -0.180. The molecule has 0 spiro atoms. The number of rotatable bonds is 5. The zero-order valence-electron chi connectivity index (χ0n) is 16.7. The van der Waals surface area contributed by atoms with E-state index < -0.39 is 16.1 Å². The number of amides is 1. The number of likely N-dealkylation sites (N-methyl/N-ethyl adjacent to an activating group) is 1. The summed E-state index contributed by atoms with van der Waals surface area (Å²) in [7, 11) is -2.26. The van der Waals surface area contributed by atoms with Gasteiger partial charge in [0.15, 0.2) is 0 Å². The fourth-order valence-corrected chi connectivity index (χ4v) is 6.03. The lowest BCUT2D eigenvalue weighted by Gasteiger charge is -2.22. The van der Waals surface area contributed by atoms with Gasteiger partial charge in [-0.2, -0.15) is 4.31 Å².